The van der Waals surface area contributed by atoms with Crippen LogP contribution >= 0.6 is 0 Å². The number of methoxy groups -OCH3 is 1. The van der Waals surface area contributed by atoms with E-state index < -0.39 is 0 Å². The van der Waals surface area contributed by atoms with Crippen LogP contribution in [0, 0.1) is 5.92 Å². The molecule has 1 aliphatic carbocycles. The Hall–Kier alpha value is -0.870. The Morgan fingerprint density at radius 2 is 2.40 bits per heavy atom. The van der Waals surface area contributed by atoms with Crippen molar-refractivity contribution in [3.05, 3.63) is 18.2 Å². The van der Waals surface area contributed by atoms with Crippen LogP contribution in [0.1, 0.15) is 44.9 Å². The third kappa shape index (κ3) is 3.23. The van der Waals surface area contributed by atoms with E-state index in [0.717, 1.165) is 31.0 Å². The maximum absolute atomic E-state index is 6.01. The van der Waals surface area contributed by atoms with E-state index in [4.69, 9.17) is 4.74 Å². The summed E-state index contributed by atoms with van der Waals surface area (Å²) in [6, 6.07) is 0.395. The van der Waals surface area contributed by atoms with Crippen LogP contribution in [-0.4, -0.2) is 35.4 Å². The number of aryl methyl sites for hydroxylation is 2. The standard InChI is InChI=1S/C16H29N3O/c1-13-6-5-9-16(12-13,20-4)14(17-2)7-8-15-18-10-11-19(15)3/h10-11,13-14,17H,5-9,12H2,1-4H3. The zero-order chi connectivity index (χ0) is 14.6. The smallest absolute Gasteiger partial charge is 0.108 e. The first-order valence-electron chi connectivity index (χ1n) is 7.80. The van der Waals surface area contributed by atoms with E-state index in [1.807, 2.05) is 19.5 Å². The number of ether oxygens (including phenoxy) is 1. The molecule has 0 bridgehead atoms. The summed E-state index contributed by atoms with van der Waals surface area (Å²) >= 11 is 0. The topological polar surface area (TPSA) is 39.1 Å². The lowest BCUT2D eigenvalue weighted by molar-refractivity contribution is -0.0793. The molecule has 20 heavy (non-hydrogen) atoms. The Bertz CT molecular complexity index is 418. The van der Waals surface area contributed by atoms with Gasteiger partial charge >= 0.3 is 0 Å². The van der Waals surface area contributed by atoms with E-state index in [9.17, 15) is 0 Å². The zero-order valence-electron chi connectivity index (χ0n) is 13.4. The molecule has 114 valence electrons. The van der Waals surface area contributed by atoms with Gasteiger partial charge in [-0.15, -0.1) is 0 Å². The molecule has 4 heteroatoms. The zero-order valence-corrected chi connectivity index (χ0v) is 13.4. The lowest BCUT2D eigenvalue weighted by atomic mass is 9.73. The maximum atomic E-state index is 6.01. The monoisotopic (exact) mass is 279 g/mol. The molecule has 1 aromatic heterocycles. The van der Waals surface area contributed by atoms with Crippen molar-refractivity contribution in [3.8, 4) is 0 Å². The minimum atomic E-state index is -0.00240. The number of aromatic nitrogens is 2. The van der Waals surface area contributed by atoms with Crippen LogP contribution in [0.5, 0.6) is 0 Å². The molecule has 0 spiro atoms. The molecule has 0 radical (unpaired) electrons. The fraction of sp³-hybridized carbons (Fsp3) is 0.812. The fourth-order valence-corrected chi connectivity index (χ4v) is 3.77. The van der Waals surface area contributed by atoms with Gasteiger partial charge in [-0.2, -0.15) is 0 Å². The minimum absolute atomic E-state index is 0.00240. The first kappa shape index (κ1) is 15.5. The van der Waals surface area contributed by atoms with Crippen molar-refractivity contribution < 1.29 is 4.74 Å². The van der Waals surface area contributed by atoms with Crippen molar-refractivity contribution in [1.82, 2.24) is 14.9 Å². The predicted molar refractivity (Wildman–Crippen MR) is 81.7 cm³/mol. The van der Waals surface area contributed by atoms with Gasteiger partial charge in [-0.05, 0) is 32.2 Å². The number of hydrogen-bond acceptors (Lipinski definition) is 3. The molecule has 3 atom stereocenters. The first-order chi connectivity index (χ1) is 9.61. The summed E-state index contributed by atoms with van der Waals surface area (Å²) in [5.74, 6) is 1.91. The van der Waals surface area contributed by atoms with Crippen LogP contribution in [0.2, 0.25) is 0 Å². The van der Waals surface area contributed by atoms with Crippen molar-refractivity contribution in [1.29, 1.82) is 0 Å². The molecule has 0 aliphatic heterocycles. The Kier molecular flexibility index (Phi) is 5.22. The van der Waals surface area contributed by atoms with Gasteiger partial charge in [0.25, 0.3) is 0 Å². The molecule has 0 saturated heterocycles. The van der Waals surface area contributed by atoms with E-state index in [1.165, 1.54) is 19.3 Å². The van der Waals surface area contributed by atoms with Gasteiger partial charge in [0.1, 0.15) is 5.82 Å². The molecule has 1 saturated carbocycles. The summed E-state index contributed by atoms with van der Waals surface area (Å²) in [7, 11) is 6.00. The number of likely N-dealkylation sites (N-methyl/N-ethyl adjacent to an activating group) is 1. The van der Waals surface area contributed by atoms with Gasteiger partial charge in [-0.25, -0.2) is 4.98 Å². The number of imidazole rings is 1. The van der Waals surface area contributed by atoms with Gasteiger partial charge < -0.3 is 14.6 Å². The number of hydrogen-bond donors (Lipinski definition) is 1. The average Bonchev–Trinajstić information content (AvgIpc) is 2.85. The Morgan fingerprint density at radius 1 is 1.60 bits per heavy atom. The lowest BCUT2D eigenvalue weighted by Gasteiger charge is -2.44. The third-order valence-corrected chi connectivity index (χ3v) is 4.96. The van der Waals surface area contributed by atoms with E-state index in [0.29, 0.717) is 6.04 Å². The summed E-state index contributed by atoms with van der Waals surface area (Å²) in [5, 5.41) is 3.50. The van der Waals surface area contributed by atoms with Crippen LogP contribution < -0.4 is 5.32 Å². The largest absolute Gasteiger partial charge is 0.377 e. The van der Waals surface area contributed by atoms with Gasteiger partial charge in [-0.1, -0.05) is 19.8 Å². The second kappa shape index (κ2) is 6.72. The average molecular weight is 279 g/mol. The first-order valence-corrected chi connectivity index (χ1v) is 7.80. The van der Waals surface area contributed by atoms with Gasteiger partial charge in [0.05, 0.1) is 5.60 Å². The fourth-order valence-electron chi connectivity index (χ4n) is 3.77. The van der Waals surface area contributed by atoms with Crippen molar-refractivity contribution in [2.24, 2.45) is 13.0 Å². The predicted octanol–water partition coefficient (Wildman–Crippen LogP) is 2.54. The molecular weight excluding hydrogens is 250 g/mol. The van der Waals surface area contributed by atoms with Crippen LogP contribution in [0.25, 0.3) is 0 Å². The molecule has 1 fully saturated rings. The normalized spacial score (nSPS) is 28.5. The molecule has 1 aliphatic rings. The molecule has 2 rings (SSSR count). The summed E-state index contributed by atoms with van der Waals surface area (Å²) < 4.78 is 8.12. The molecule has 0 amide bonds. The van der Waals surface area contributed by atoms with E-state index in [2.05, 4.69) is 35.9 Å². The third-order valence-electron chi connectivity index (χ3n) is 4.96. The van der Waals surface area contributed by atoms with Gasteiger partial charge in [0.2, 0.25) is 0 Å². The Balaban J connectivity index is 2.03. The minimum Gasteiger partial charge on any atom is -0.377 e. The highest BCUT2D eigenvalue weighted by atomic mass is 16.5. The second-order valence-corrected chi connectivity index (χ2v) is 6.30. The van der Waals surface area contributed by atoms with E-state index >= 15 is 0 Å². The summed E-state index contributed by atoms with van der Waals surface area (Å²) in [5.41, 5.74) is -0.00240. The Labute approximate surface area is 122 Å². The molecule has 1 N–H and O–H groups in total. The molecule has 4 nitrogen and oxygen atoms in total. The summed E-state index contributed by atoms with van der Waals surface area (Å²) in [6.07, 6.45) is 10.9. The van der Waals surface area contributed by atoms with Crippen molar-refractivity contribution >= 4 is 0 Å². The van der Waals surface area contributed by atoms with Gasteiger partial charge in [0, 0.05) is 39.0 Å². The second-order valence-electron chi connectivity index (χ2n) is 6.30. The van der Waals surface area contributed by atoms with Gasteiger partial charge in [-0.3, -0.25) is 0 Å². The van der Waals surface area contributed by atoms with Crippen molar-refractivity contribution in [3.63, 3.8) is 0 Å². The van der Waals surface area contributed by atoms with Crippen molar-refractivity contribution in [2.45, 2.75) is 57.1 Å². The van der Waals surface area contributed by atoms with Crippen LogP contribution in [0.15, 0.2) is 12.4 Å². The quantitative estimate of drug-likeness (QED) is 0.870. The SMILES string of the molecule is CNC(CCc1nccn1C)C1(OC)CCCC(C)C1. The molecule has 3 unspecified atom stereocenters. The van der Waals surface area contributed by atoms with Crippen molar-refractivity contribution in [2.75, 3.05) is 14.2 Å². The number of nitrogens with one attached hydrogen (secondary N) is 1. The van der Waals surface area contributed by atoms with E-state index in [-0.39, 0.29) is 5.60 Å². The number of nitrogens with zero attached hydrogens (tertiary/aromatic N) is 2. The molecule has 1 aromatic rings. The molecular formula is C16H29N3O. The highest BCUT2D eigenvalue weighted by Gasteiger charge is 2.41. The highest BCUT2D eigenvalue weighted by Crippen LogP contribution is 2.38. The molecule has 0 aromatic carbocycles. The van der Waals surface area contributed by atoms with Crippen LogP contribution in [-0.2, 0) is 18.2 Å². The van der Waals surface area contributed by atoms with E-state index in [1.54, 1.807) is 0 Å². The van der Waals surface area contributed by atoms with Crippen LogP contribution in [0.4, 0.5) is 0 Å². The highest BCUT2D eigenvalue weighted by molar-refractivity contribution is 4.99. The maximum Gasteiger partial charge on any atom is 0.108 e. The Morgan fingerprint density at radius 3 is 2.95 bits per heavy atom. The van der Waals surface area contributed by atoms with Gasteiger partial charge in [0.15, 0.2) is 0 Å². The molecule has 1 heterocycles. The summed E-state index contributed by atoms with van der Waals surface area (Å²) in [4.78, 5) is 4.43. The lowest BCUT2D eigenvalue weighted by Crippen LogP contribution is -2.53. The summed E-state index contributed by atoms with van der Waals surface area (Å²) in [6.45, 7) is 2.35. The number of rotatable bonds is 6. The van der Waals surface area contributed by atoms with Crippen LogP contribution in [0.3, 0.4) is 0 Å².